The number of ether oxygens (including phenoxy) is 5. The van der Waals surface area contributed by atoms with Gasteiger partial charge in [0.05, 0.1) is 54.7 Å². The van der Waals surface area contributed by atoms with Gasteiger partial charge in [-0.3, -0.25) is 24.6 Å². The van der Waals surface area contributed by atoms with Gasteiger partial charge in [0.1, 0.15) is 48.8 Å². The highest BCUT2D eigenvalue weighted by atomic mass is 33.1. The molecule has 342 valence electrons. The zero-order valence-electron chi connectivity index (χ0n) is 34.4. The van der Waals surface area contributed by atoms with Crippen molar-refractivity contribution >= 4 is 74.5 Å². The maximum atomic E-state index is 14.0. The average Bonchev–Trinajstić information content (AvgIpc) is 3.26. The fraction of sp³-hybridized carbons (Fsp3) is 0.405. The summed E-state index contributed by atoms with van der Waals surface area (Å²) in [6, 6.07) is 10.4. The maximum Gasteiger partial charge on any atom is 0.407 e. The van der Waals surface area contributed by atoms with Crippen LogP contribution in [0.4, 0.5) is 4.79 Å². The summed E-state index contributed by atoms with van der Waals surface area (Å²) in [6.45, 7) is 0.548. The second-order valence-corrected chi connectivity index (χ2v) is 18.0. The number of fused-ring (bicyclic) bond motifs is 3. The molecule has 0 spiro atoms. The van der Waals surface area contributed by atoms with Gasteiger partial charge in [0, 0.05) is 47.5 Å². The van der Waals surface area contributed by atoms with Crippen molar-refractivity contribution in [3.05, 3.63) is 87.0 Å². The minimum Gasteiger partial charge on any atom is -0.507 e. The maximum absolute atomic E-state index is 14.0. The summed E-state index contributed by atoms with van der Waals surface area (Å²) in [7, 11) is 4.08. The number of phenolic OH excluding ortho intramolecular Hbond substituents is 2. The molecule has 0 aromatic heterocycles. The SMILES string of the molecule is COc1cccc2c1C(=O)c1c(O)c3c(c(O)c1C2=O)CC(O)(C(=O)CO)C[C@H]3OC1CC(NC(=O)OCCSSCCOC(=O)Cc2ccccc2/C=N/NC(N)=S)C(O)C(C)O1. The molecular weight excluding hydrogens is 897 g/mol. The Bertz CT molecular complexity index is 2350. The van der Waals surface area contributed by atoms with Gasteiger partial charge in [-0.05, 0) is 36.3 Å². The summed E-state index contributed by atoms with van der Waals surface area (Å²) < 4.78 is 28.1. The molecule has 6 rings (SSSR count). The minimum absolute atomic E-state index is 0.00860. The van der Waals surface area contributed by atoms with Gasteiger partial charge < -0.3 is 60.3 Å². The molecule has 3 aromatic rings. The lowest BCUT2D eigenvalue weighted by Crippen LogP contribution is -2.56. The molecule has 5 unspecified atom stereocenters. The Morgan fingerprint density at radius 1 is 1.02 bits per heavy atom. The number of aromatic hydroxyl groups is 2. The van der Waals surface area contributed by atoms with Crippen LogP contribution in [0.15, 0.2) is 47.6 Å². The summed E-state index contributed by atoms with van der Waals surface area (Å²) >= 11 is 4.73. The number of nitrogens with two attached hydrogens (primary N) is 1. The van der Waals surface area contributed by atoms with Gasteiger partial charge >= 0.3 is 12.1 Å². The predicted octanol–water partition coefficient (Wildman–Crippen LogP) is 2.10. The number of alkyl carbamates (subject to hydrolysis) is 1. The fourth-order valence-electron chi connectivity index (χ4n) is 7.72. The number of ketones is 3. The molecule has 9 N–H and O–H groups in total. The highest BCUT2D eigenvalue weighted by Gasteiger charge is 2.50. The highest BCUT2D eigenvalue weighted by Crippen LogP contribution is 2.52. The lowest BCUT2D eigenvalue weighted by atomic mass is 9.72. The molecule has 1 fully saturated rings. The molecule has 1 heterocycles. The number of methoxy groups -OCH3 is 1. The van der Waals surface area contributed by atoms with Crippen molar-refractivity contribution < 1.29 is 73.2 Å². The summed E-state index contributed by atoms with van der Waals surface area (Å²) in [5.74, 6) is -3.75. The molecule has 2 aliphatic carbocycles. The van der Waals surface area contributed by atoms with Crippen LogP contribution in [0.25, 0.3) is 0 Å². The van der Waals surface area contributed by atoms with Crippen molar-refractivity contribution in [1.29, 1.82) is 0 Å². The lowest BCUT2D eigenvalue weighted by molar-refractivity contribution is -0.249. The summed E-state index contributed by atoms with van der Waals surface area (Å²) in [5, 5.41) is 62.2. The first-order valence-electron chi connectivity index (χ1n) is 19.8. The summed E-state index contributed by atoms with van der Waals surface area (Å²) in [4.78, 5) is 66.0. The highest BCUT2D eigenvalue weighted by molar-refractivity contribution is 8.76. The quantitative estimate of drug-likeness (QED) is 0.0143. The topological polar surface area (TPSA) is 295 Å². The van der Waals surface area contributed by atoms with E-state index in [0.29, 0.717) is 22.6 Å². The van der Waals surface area contributed by atoms with Crippen LogP contribution in [0.2, 0.25) is 0 Å². The van der Waals surface area contributed by atoms with Crippen LogP contribution < -0.4 is 21.2 Å². The third-order valence-electron chi connectivity index (χ3n) is 10.7. The minimum atomic E-state index is -2.36. The van der Waals surface area contributed by atoms with Crippen molar-refractivity contribution in [2.45, 2.75) is 68.9 Å². The number of carbonyl (C=O) groups is 5. The predicted molar refractivity (Wildman–Crippen MR) is 236 cm³/mol. The number of amides is 1. The standard InChI is InChI=1S/C42H46N4O15S3/c1-20-35(50)25(45-41(55)59-11-13-64-63-12-10-58-29(49)14-21-6-3-4-7-22(21)18-44-46-40(43)62)15-30(60-20)61-27-17-42(56,28(48)19-47)16-24-32(27)39(54)34-33(37(24)52)36(51)23-8-5-9-26(57-2)31(23)38(34)53/h3-9,18,20,25,27,30,35,47,50,52,54,56H,10-17,19H2,1-2H3,(H,45,55)(H3,43,46,62)/b44-18+/t20?,25?,27-,30?,35?,42?/m1/s1. The van der Waals surface area contributed by atoms with E-state index in [2.05, 4.69) is 15.8 Å². The van der Waals surface area contributed by atoms with Gasteiger partial charge in [-0.2, -0.15) is 5.10 Å². The number of benzene rings is 3. The average molecular weight is 943 g/mol. The van der Waals surface area contributed by atoms with Crippen LogP contribution in [-0.4, -0.2) is 135 Å². The molecule has 6 atom stereocenters. The molecule has 19 nitrogen and oxygen atoms in total. The van der Waals surface area contributed by atoms with Crippen LogP contribution in [0.5, 0.6) is 17.2 Å². The number of Topliss-reactive ketones (excluding diaryl/α,β-unsaturated/α-hetero) is 1. The van der Waals surface area contributed by atoms with E-state index in [1.165, 1.54) is 60.0 Å². The first kappa shape index (κ1) is 48.1. The summed E-state index contributed by atoms with van der Waals surface area (Å²) in [6.07, 6.45) is -5.77. The number of hydrazone groups is 1. The first-order chi connectivity index (χ1) is 30.6. The fourth-order valence-corrected chi connectivity index (χ4v) is 9.43. The van der Waals surface area contributed by atoms with Gasteiger partial charge in [0.25, 0.3) is 0 Å². The van der Waals surface area contributed by atoms with Gasteiger partial charge in [-0.15, -0.1) is 0 Å². The number of nitrogens with one attached hydrogen (secondary N) is 2. The van der Waals surface area contributed by atoms with Crippen LogP contribution in [-0.2, 0) is 41.4 Å². The molecule has 0 radical (unpaired) electrons. The Morgan fingerprint density at radius 3 is 2.42 bits per heavy atom. The Hall–Kier alpha value is -5.33. The van der Waals surface area contributed by atoms with Crippen LogP contribution >= 0.6 is 33.8 Å². The number of carbonyl (C=O) groups excluding carboxylic acids is 5. The molecule has 3 aromatic carbocycles. The van der Waals surface area contributed by atoms with Crippen molar-refractivity contribution in [3.63, 3.8) is 0 Å². The molecule has 1 saturated heterocycles. The van der Waals surface area contributed by atoms with E-state index in [1.54, 1.807) is 24.3 Å². The normalized spacial score (nSPS) is 22.5. The number of phenols is 2. The molecule has 3 aliphatic rings. The lowest BCUT2D eigenvalue weighted by Gasteiger charge is -2.42. The number of hydrogen-bond donors (Lipinski definition) is 8. The molecule has 0 bridgehead atoms. The van der Waals surface area contributed by atoms with Crippen molar-refractivity contribution in [2.75, 3.05) is 38.4 Å². The number of esters is 1. The van der Waals surface area contributed by atoms with Gasteiger partial charge in [0.2, 0.25) is 5.78 Å². The van der Waals surface area contributed by atoms with E-state index in [4.69, 9.17) is 41.6 Å². The van der Waals surface area contributed by atoms with Crippen molar-refractivity contribution in [2.24, 2.45) is 10.8 Å². The Labute approximate surface area is 379 Å². The largest absolute Gasteiger partial charge is 0.507 e. The first-order valence-corrected chi connectivity index (χ1v) is 22.7. The number of hydrogen-bond acceptors (Lipinski definition) is 19. The van der Waals surface area contributed by atoms with Gasteiger partial charge in [0.15, 0.2) is 23.0 Å². The third-order valence-corrected chi connectivity index (χ3v) is 13.2. The molecule has 1 aliphatic heterocycles. The number of aliphatic hydroxyl groups is 3. The molecule has 1 amide bonds. The van der Waals surface area contributed by atoms with Crippen molar-refractivity contribution in [3.8, 4) is 17.2 Å². The van der Waals surface area contributed by atoms with E-state index in [9.17, 15) is 49.5 Å². The Balaban J connectivity index is 1.04. The number of nitrogens with zero attached hydrogens (tertiary/aromatic N) is 1. The second kappa shape index (κ2) is 21.1. The van der Waals surface area contributed by atoms with Crippen LogP contribution in [0.1, 0.15) is 80.0 Å². The van der Waals surface area contributed by atoms with Crippen molar-refractivity contribution in [1.82, 2.24) is 10.7 Å². The third kappa shape index (κ3) is 10.6. The van der Waals surface area contributed by atoms with E-state index in [0.717, 1.165) is 0 Å². The second-order valence-electron chi connectivity index (χ2n) is 14.9. The molecule has 0 saturated carbocycles. The Morgan fingerprint density at radius 2 is 1.72 bits per heavy atom. The van der Waals surface area contributed by atoms with E-state index >= 15 is 0 Å². The number of aliphatic hydroxyl groups excluding tert-OH is 2. The van der Waals surface area contributed by atoms with Crippen LogP contribution in [0.3, 0.4) is 0 Å². The zero-order chi connectivity index (χ0) is 46.3. The monoisotopic (exact) mass is 942 g/mol. The Kier molecular flexibility index (Phi) is 15.9. The van der Waals surface area contributed by atoms with Crippen LogP contribution in [0, 0.1) is 0 Å². The number of rotatable bonds is 17. The van der Waals surface area contributed by atoms with Gasteiger partial charge in [-0.1, -0.05) is 58.0 Å². The van der Waals surface area contributed by atoms with Gasteiger partial charge in [-0.25, -0.2) is 4.79 Å². The van der Waals surface area contributed by atoms with E-state index < -0.39 is 108 Å². The number of thiocarbonyl (C=S) groups is 1. The smallest absolute Gasteiger partial charge is 0.407 e. The zero-order valence-corrected chi connectivity index (χ0v) is 36.9. The van der Waals surface area contributed by atoms with E-state index in [-0.39, 0.29) is 59.2 Å². The molecule has 64 heavy (non-hydrogen) atoms. The molecular formula is C42H46N4O15S3. The molecule has 22 heteroatoms. The van der Waals surface area contributed by atoms with E-state index in [1.807, 2.05) is 0 Å². The summed E-state index contributed by atoms with van der Waals surface area (Å²) in [5.41, 5.74) is 5.07.